The van der Waals surface area contributed by atoms with Crippen molar-refractivity contribution in [2.45, 2.75) is 43.2 Å². The van der Waals surface area contributed by atoms with Gasteiger partial charge in [-0.1, -0.05) is 42.5 Å². The fraction of sp³-hybridized carbons (Fsp3) is 0.450. The Hall–Kier alpha value is -1.91. The molecule has 2 aliphatic rings. The van der Waals surface area contributed by atoms with Gasteiger partial charge in [-0.15, -0.1) is 0 Å². The maximum atomic E-state index is 11.1. The molecule has 4 heteroatoms. The Bertz CT molecular complexity index is 601. The minimum Gasteiger partial charge on any atom is -0.390 e. The van der Waals surface area contributed by atoms with Gasteiger partial charge in [-0.2, -0.15) is 0 Å². The molecule has 0 spiro atoms. The van der Waals surface area contributed by atoms with Crippen LogP contribution in [0, 0.1) is 0 Å². The number of benzene rings is 1. The molecule has 0 bridgehead atoms. The number of dihydropyridines is 1. The Morgan fingerprint density at radius 2 is 2.08 bits per heavy atom. The highest BCUT2D eigenvalue weighted by atomic mass is 16.3. The van der Waals surface area contributed by atoms with Gasteiger partial charge in [0.1, 0.15) is 0 Å². The summed E-state index contributed by atoms with van der Waals surface area (Å²) in [6.45, 7) is 1.84. The van der Waals surface area contributed by atoms with Crippen molar-refractivity contribution in [3.05, 3.63) is 59.8 Å². The minimum atomic E-state index is -0.645. The zero-order valence-electron chi connectivity index (χ0n) is 13.9. The third kappa shape index (κ3) is 4.13. The van der Waals surface area contributed by atoms with Crippen LogP contribution in [0.4, 0.5) is 0 Å². The number of hydrogen-bond donors (Lipinski definition) is 3. The van der Waals surface area contributed by atoms with E-state index in [-0.39, 0.29) is 12.0 Å². The van der Waals surface area contributed by atoms with Crippen LogP contribution in [0.3, 0.4) is 0 Å². The van der Waals surface area contributed by atoms with Gasteiger partial charge in [-0.05, 0) is 44.3 Å². The molecule has 1 aromatic carbocycles. The molecule has 128 valence electrons. The van der Waals surface area contributed by atoms with Crippen LogP contribution in [0.1, 0.15) is 37.2 Å². The summed E-state index contributed by atoms with van der Waals surface area (Å²) in [6, 6.07) is 10.4. The largest absolute Gasteiger partial charge is 0.390 e. The van der Waals surface area contributed by atoms with Crippen LogP contribution in [0.25, 0.3) is 0 Å². The average molecular weight is 326 g/mol. The number of carbonyl (C=O) groups excluding carboxylic acids is 1. The van der Waals surface area contributed by atoms with Gasteiger partial charge in [0, 0.05) is 17.7 Å². The molecule has 3 rings (SSSR count). The van der Waals surface area contributed by atoms with E-state index >= 15 is 0 Å². The molecule has 0 aromatic heterocycles. The SMILES string of the molecule is O=CC1=CNC(C(CC2(O)CCCNCC2)c2ccccc2)C=C1. The van der Waals surface area contributed by atoms with Gasteiger partial charge < -0.3 is 15.7 Å². The highest BCUT2D eigenvalue weighted by Crippen LogP contribution is 2.35. The summed E-state index contributed by atoms with van der Waals surface area (Å²) < 4.78 is 0. The van der Waals surface area contributed by atoms with E-state index in [1.807, 2.05) is 30.4 Å². The van der Waals surface area contributed by atoms with E-state index in [4.69, 9.17) is 0 Å². The average Bonchev–Trinajstić information content (AvgIpc) is 2.85. The lowest BCUT2D eigenvalue weighted by Gasteiger charge is -2.35. The van der Waals surface area contributed by atoms with Gasteiger partial charge >= 0.3 is 0 Å². The molecule has 1 aromatic rings. The summed E-state index contributed by atoms with van der Waals surface area (Å²) in [4.78, 5) is 10.9. The van der Waals surface area contributed by atoms with Gasteiger partial charge in [0.15, 0.2) is 6.29 Å². The van der Waals surface area contributed by atoms with Crippen molar-refractivity contribution in [2.24, 2.45) is 0 Å². The summed E-state index contributed by atoms with van der Waals surface area (Å²) in [5.41, 5.74) is 1.22. The van der Waals surface area contributed by atoms with Crippen molar-refractivity contribution in [3.8, 4) is 0 Å². The maximum Gasteiger partial charge on any atom is 0.151 e. The van der Waals surface area contributed by atoms with Crippen LogP contribution in [-0.4, -0.2) is 36.1 Å². The first kappa shape index (κ1) is 16.9. The summed E-state index contributed by atoms with van der Waals surface area (Å²) in [5, 5.41) is 17.9. The number of aliphatic hydroxyl groups is 1. The lowest BCUT2D eigenvalue weighted by atomic mass is 9.78. The van der Waals surface area contributed by atoms with E-state index in [9.17, 15) is 9.90 Å². The lowest BCUT2D eigenvalue weighted by molar-refractivity contribution is -0.104. The van der Waals surface area contributed by atoms with Gasteiger partial charge in [-0.3, -0.25) is 4.79 Å². The highest BCUT2D eigenvalue weighted by Gasteiger charge is 2.34. The number of rotatable bonds is 5. The second-order valence-corrected chi connectivity index (χ2v) is 6.86. The standard InChI is InChI=1S/C20H26N2O2/c23-15-16-7-8-19(22-14-16)18(17-5-2-1-3-6-17)13-20(24)9-4-11-21-12-10-20/h1-3,5-8,14-15,18-19,21-22,24H,4,9-13H2. The molecular formula is C20H26N2O2. The molecule has 2 heterocycles. The topological polar surface area (TPSA) is 61.4 Å². The molecule has 2 aliphatic heterocycles. The Balaban J connectivity index is 1.82. The van der Waals surface area contributed by atoms with E-state index in [0.717, 1.165) is 38.6 Å². The molecule has 3 atom stereocenters. The third-order valence-electron chi connectivity index (χ3n) is 5.10. The van der Waals surface area contributed by atoms with Crippen molar-refractivity contribution in [1.29, 1.82) is 0 Å². The van der Waals surface area contributed by atoms with Crippen LogP contribution >= 0.6 is 0 Å². The van der Waals surface area contributed by atoms with Crippen molar-refractivity contribution in [1.82, 2.24) is 10.6 Å². The number of nitrogens with one attached hydrogen (secondary N) is 2. The van der Waals surface area contributed by atoms with Gasteiger partial charge in [0.05, 0.1) is 11.6 Å². The summed E-state index contributed by atoms with van der Waals surface area (Å²) in [6.07, 6.45) is 9.85. The van der Waals surface area contributed by atoms with Gasteiger partial charge in [-0.25, -0.2) is 0 Å². The molecule has 0 radical (unpaired) electrons. The van der Waals surface area contributed by atoms with Crippen molar-refractivity contribution in [3.63, 3.8) is 0 Å². The normalized spacial score (nSPS) is 28.4. The van der Waals surface area contributed by atoms with E-state index in [0.29, 0.717) is 12.0 Å². The molecule has 1 saturated heterocycles. The second-order valence-electron chi connectivity index (χ2n) is 6.86. The molecule has 0 saturated carbocycles. The molecule has 0 amide bonds. The zero-order valence-corrected chi connectivity index (χ0v) is 13.9. The van der Waals surface area contributed by atoms with Crippen molar-refractivity contribution >= 4 is 6.29 Å². The summed E-state index contributed by atoms with van der Waals surface area (Å²) in [5.74, 6) is 0.162. The van der Waals surface area contributed by atoms with Crippen LogP contribution < -0.4 is 10.6 Å². The van der Waals surface area contributed by atoms with Gasteiger partial charge in [0.25, 0.3) is 0 Å². The molecule has 3 N–H and O–H groups in total. The fourth-order valence-corrected chi connectivity index (χ4v) is 3.71. The predicted octanol–water partition coefficient (Wildman–Crippen LogP) is 2.28. The number of allylic oxidation sites excluding steroid dienone is 2. The van der Waals surface area contributed by atoms with E-state index in [1.54, 1.807) is 6.20 Å². The first-order chi connectivity index (χ1) is 11.7. The Morgan fingerprint density at radius 3 is 2.79 bits per heavy atom. The first-order valence-electron chi connectivity index (χ1n) is 8.78. The molecule has 3 unspecified atom stereocenters. The number of hydrogen-bond acceptors (Lipinski definition) is 4. The van der Waals surface area contributed by atoms with Crippen LogP contribution in [0.15, 0.2) is 54.3 Å². The quantitative estimate of drug-likeness (QED) is 0.727. The van der Waals surface area contributed by atoms with E-state index < -0.39 is 5.60 Å². The van der Waals surface area contributed by atoms with Crippen LogP contribution in [0.5, 0.6) is 0 Å². The van der Waals surface area contributed by atoms with Crippen LogP contribution in [0.2, 0.25) is 0 Å². The van der Waals surface area contributed by atoms with Crippen LogP contribution in [-0.2, 0) is 4.79 Å². The minimum absolute atomic E-state index is 0.0799. The van der Waals surface area contributed by atoms with E-state index in [2.05, 4.69) is 22.8 Å². The van der Waals surface area contributed by atoms with Gasteiger partial charge in [0.2, 0.25) is 0 Å². The molecule has 24 heavy (non-hydrogen) atoms. The lowest BCUT2D eigenvalue weighted by Crippen LogP contribution is -2.39. The Kier molecular flexibility index (Phi) is 5.48. The molecule has 1 fully saturated rings. The predicted molar refractivity (Wildman–Crippen MR) is 95.7 cm³/mol. The zero-order chi connectivity index (χ0) is 16.8. The van der Waals surface area contributed by atoms with Crippen molar-refractivity contribution < 1.29 is 9.90 Å². The third-order valence-corrected chi connectivity index (χ3v) is 5.10. The maximum absolute atomic E-state index is 11.1. The second kappa shape index (κ2) is 7.77. The fourth-order valence-electron chi connectivity index (χ4n) is 3.71. The number of carbonyl (C=O) groups is 1. The van der Waals surface area contributed by atoms with E-state index in [1.165, 1.54) is 5.56 Å². The number of aldehydes is 1. The monoisotopic (exact) mass is 326 g/mol. The van der Waals surface area contributed by atoms with Crippen molar-refractivity contribution in [2.75, 3.05) is 13.1 Å². The first-order valence-corrected chi connectivity index (χ1v) is 8.78. The molecule has 4 nitrogen and oxygen atoms in total. The summed E-state index contributed by atoms with van der Waals surface area (Å²) >= 11 is 0. The molecule has 0 aliphatic carbocycles. The molecular weight excluding hydrogens is 300 g/mol. The highest BCUT2D eigenvalue weighted by molar-refractivity contribution is 5.77. The smallest absolute Gasteiger partial charge is 0.151 e. The summed E-state index contributed by atoms with van der Waals surface area (Å²) in [7, 11) is 0. The Labute approximate surface area is 143 Å². The Morgan fingerprint density at radius 1 is 1.25 bits per heavy atom.